The van der Waals surface area contributed by atoms with Gasteiger partial charge in [-0.05, 0) is 66.0 Å². The molecule has 0 N–H and O–H groups in total. The van der Waals surface area contributed by atoms with Crippen molar-refractivity contribution >= 4 is 17.9 Å². The van der Waals surface area contributed by atoms with E-state index in [1.807, 2.05) is 6.07 Å². The van der Waals surface area contributed by atoms with E-state index >= 15 is 0 Å². The molecule has 40 heavy (non-hydrogen) atoms. The van der Waals surface area contributed by atoms with Gasteiger partial charge in [0.25, 0.3) is 0 Å². The molecule has 8 rings (SSSR count). The number of allylic oxidation sites excluding steroid dienone is 3. The van der Waals surface area contributed by atoms with E-state index in [0.717, 1.165) is 34.9 Å². The highest BCUT2D eigenvalue weighted by Crippen LogP contribution is 2.58. The molecular weight excluding hydrogens is 490 g/mol. The highest BCUT2D eigenvalue weighted by atomic mass is 16.5. The Kier molecular flexibility index (Phi) is 4.98. The SMILES string of the molecule is CC1CC=C(C2=CC=CC3(C)C=NC(N4c5ccccc5OC45c4ccccc4-c4ccccc45)=NC23)C(C)C1. The number of ether oxygens (including phenoxy) is 1. The average Bonchev–Trinajstić information content (AvgIpc) is 3.46. The molecular formula is C36H33N3O. The van der Waals surface area contributed by atoms with E-state index in [1.54, 1.807) is 0 Å². The lowest BCUT2D eigenvalue weighted by Gasteiger charge is -2.42. The summed E-state index contributed by atoms with van der Waals surface area (Å²) in [6.45, 7) is 6.98. The summed E-state index contributed by atoms with van der Waals surface area (Å²) < 4.78 is 7.04. The first-order valence-electron chi connectivity index (χ1n) is 14.5. The molecule has 2 aliphatic heterocycles. The van der Waals surface area contributed by atoms with Crippen LogP contribution in [-0.4, -0.2) is 18.2 Å². The second-order valence-electron chi connectivity index (χ2n) is 12.2. The first-order valence-corrected chi connectivity index (χ1v) is 14.5. The quantitative estimate of drug-likeness (QED) is 0.323. The summed E-state index contributed by atoms with van der Waals surface area (Å²) >= 11 is 0. The van der Waals surface area contributed by atoms with Crippen molar-refractivity contribution in [3.05, 3.63) is 119 Å². The molecule has 4 heteroatoms. The predicted molar refractivity (Wildman–Crippen MR) is 163 cm³/mol. The van der Waals surface area contributed by atoms with Crippen LogP contribution in [0.25, 0.3) is 11.1 Å². The highest BCUT2D eigenvalue weighted by Gasteiger charge is 2.57. The third-order valence-corrected chi connectivity index (χ3v) is 9.43. The molecule has 5 aliphatic rings. The molecule has 198 valence electrons. The van der Waals surface area contributed by atoms with Crippen LogP contribution in [0.4, 0.5) is 5.69 Å². The Labute approximate surface area is 236 Å². The minimum atomic E-state index is -0.873. The maximum absolute atomic E-state index is 7.04. The molecule has 0 radical (unpaired) electrons. The van der Waals surface area contributed by atoms with Crippen LogP contribution in [0.1, 0.15) is 44.7 Å². The van der Waals surface area contributed by atoms with Gasteiger partial charge < -0.3 is 4.74 Å². The zero-order valence-electron chi connectivity index (χ0n) is 23.2. The maximum atomic E-state index is 7.04. The predicted octanol–water partition coefficient (Wildman–Crippen LogP) is 8.07. The van der Waals surface area contributed by atoms with Crippen LogP contribution in [0.15, 0.2) is 118 Å². The molecule has 0 saturated heterocycles. The molecule has 4 unspecified atom stereocenters. The van der Waals surface area contributed by atoms with Crippen LogP contribution in [0, 0.1) is 17.3 Å². The maximum Gasteiger partial charge on any atom is 0.243 e. The molecule has 0 amide bonds. The Bertz CT molecular complexity index is 1660. The van der Waals surface area contributed by atoms with Gasteiger partial charge in [0.2, 0.25) is 11.7 Å². The number of hydrogen-bond donors (Lipinski definition) is 0. The third kappa shape index (κ3) is 3.13. The monoisotopic (exact) mass is 523 g/mol. The van der Waals surface area contributed by atoms with E-state index in [4.69, 9.17) is 14.7 Å². The molecule has 3 aliphatic carbocycles. The van der Waals surface area contributed by atoms with Gasteiger partial charge in [0, 0.05) is 22.8 Å². The summed E-state index contributed by atoms with van der Waals surface area (Å²) in [5.74, 6) is 2.77. The van der Waals surface area contributed by atoms with Crippen molar-refractivity contribution in [2.24, 2.45) is 27.2 Å². The van der Waals surface area contributed by atoms with Crippen molar-refractivity contribution in [2.45, 2.75) is 45.4 Å². The lowest BCUT2D eigenvalue weighted by Crippen LogP contribution is -2.52. The second kappa shape index (κ2) is 8.41. The topological polar surface area (TPSA) is 37.2 Å². The molecule has 0 aromatic heterocycles. The number of para-hydroxylation sites is 2. The number of guanidine groups is 1. The van der Waals surface area contributed by atoms with Gasteiger partial charge in [-0.15, -0.1) is 0 Å². The van der Waals surface area contributed by atoms with Crippen LogP contribution in [0.3, 0.4) is 0 Å². The van der Waals surface area contributed by atoms with Crippen molar-refractivity contribution in [1.82, 2.24) is 0 Å². The van der Waals surface area contributed by atoms with Crippen LogP contribution in [-0.2, 0) is 5.72 Å². The van der Waals surface area contributed by atoms with Crippen molar-refractivity contribution in [1.29, 1.82) is 0 Å². The first-order chi connectivity index (χ1) is 19.5. The standard InChI is InChI=1S/C36H33N3O/c1-23-18-19-25(24(2)21-23)28-13-10-20-35(3)22-37-34(38-33(28)35)39-31-16-8-9-17-32(31)40-36(39)29-14-6-4-11-26(29)27-12-5-7-15-30(27)36/h4-17,19-20,22-24,33H,18,21H2,1-3H3. The Balaban J connectivity index is 1.33. The summed E-state index contributed by atoms with van der Waals surface area (Å²) in [7, 11) is 0. The molecule has 4 atom stereocenters. The van der Waals surface area contributed by atoms with E-state index in [-0.39, 0.29) is 11.5 Å². The van der Waals surface area contributed by atoms with E-state index in [1.165, 1.54) is 28.7 Å². The smallest absolute Gasteiger partial charge is 0.243 e. The third-order valence-electron chi connectivity index (χ3n) is 9.43. The fourth-order valence-electron chi connectivity index (χ4n) is 7.55. The normalized spacial score (nSPS) is 28.6. The van der Waals surface area contributed by atoms with Gasteiger partial charge >= 0.3 is 0 Å². The highest BCUT2D eigenvalue weighted by molar-refractivity contribution is 6.08. The van der Waals surface area contributed by atoms with Crippen molar-refractivity contribution in [3.63, 3.8) is 0 Å². The van der Waals surface area contributed by atoms with Crippen LogP contribution >= 0.6 is 0 Å². The Morgan fingerprint density at radius 3 is 2.33 bits per heavy atom. The van der Waals surface area contributed by atoms with Crippen molar-refractivity contribution < 1.29 is 4.74 Å². The minimum Gasteiger partial charge on any atom is -0.457 e. The minimum absolute atomic E-state index is 0.0520. The Hall–Kier alpha value is -4.18. The molecule has 3 aromatic rings. The van der Waals surface area contributed by atoms with Gasteiger partial charge in [0.1, 0.15) is 5.75 Å². The van der Waals surface area contributed by atoms with Crippen molar-refractivity contribution in [2.75, 3.05) is 4.90 Å². The zero-order valence-corrected chi connectivity index (χ0v) is 23.2. The van der Waals surface area contributed by atoms with Gasteiger partial charge in [-0.3, -0.25) is 4.90 Å². The molecule has 2 heterocycles. The fraction of sp³-hybridized carbons (Fsp3) is 0.278. The van der Waals surface area contributed by atoms with Crippen LogP contribution in [0.5, 0.6) is 5.75 Å². The Morgan fingerprint density at radius 1 is 0.875 bits per heavy atom. The number of nitrogens with zero attached hydrogens (tertiary/aromatic N) is 3. The van der Waals surface area contributed by atoms with Gasteiger partial charge in [-0.2, -0.15) is 0 Å². The van der Waals surface area contributed by atoms with Crippen LogP contribution < -0.4 is 9.64 Å². The number of rotatable bonds is 1. The van der Waals surface area contributed by atoms with Gasteiger partial charge in [0.15, 0.2) is 0 Å². The van der Waals surface area contributed by atoms with E-state index in [9.17, 15) is 0 Å². The van der Waals surface area contributed by atoms with E-state index in [2.05, 4.69) is 123 Å². The number of aliphatic imine (C=N–C) groups is 2. The van der Waals surface area contributed by atoms with Crippen LogP contribution in [0.2, 0.25) is 0 Å². The van der Waals surface area contributed by atoms with Gasteiger partial charge in [-0.25, -0.2) is 9.98 Å². The van der Waals surface area contributed by atoms with E-state index in [0.29, 0.717) is 11.9 Å². The Morgan fingerprint density at radius 2 is 1.57 bits per heavy atom. The summed E-state index contributed by atoms with van der Waals surface area (Å²) in [5, 5.41) is 0. The molecule has 0 fully saturated rings. The number of anilines is 1. The largest absolute Gasteiger partial charge is 0.457 e. The summed E-state index contributed by atoms with van der Waals surface area (Å²) in [5.41, 5.74) is 7.23. The summed E-state index contributed by atoms with van der Waals surface area (Å²) in [4.78, 5) is 12.9. The van der Waals surface area contributed by atoms with Crippen molar-refractivity contribution in [3.8, 4) is 16.9 Å². The first kappa shape index (κ1) is 23.7. The molecule has 0 bridgehead atoms. The van der Waals surface area contributed by atoms with E-state index < -0.39 is 5.72 Å². The average molecular weight is 524 g/mol. The molecule has 1 spiro atoms. The van der Waals surface area contributed by atoms with Gasteiger partial charge in [-0.1, -0.05) is 98.8 Å². The number of hydrogen-bond acceptors (Lipinski definition) is 4. The summed E-state index contributed by atoms with van der Waals surface area (Å²) in [6, 6.07) is 25.4. The fourth-order valence-corrected chi connectivity index (χ4v) is 7.55. The number of benzene rings is 3. The second-order valence-corrected chi connectivity index (χ2v) is 12.2. The lowest BCUT2D eigenvalue weighted by atomic mass is 9.70. The zero-order chi connectivity index (χ0) is 27.1. The molecule has 3 aromatic carbocycles. The molecule has 0 saturated carbocycles. The lowest BCUT2D eigenvalue weighted by molar-refractivity contribution is 0.150. The van der Waals surface area contributed by atoms with Gasteiger partial charge in [0.05, 0.1) is 11.7 Å². The number of fused-ring (bicyclic) bond motifs is 7. The summed E-state index contributed by atoms with van der Waals surface area (Å²) in [6.07, 6.45) is 13.7. The molecule has 4 nitrogen and oxygen atoms in total.